The molecule has 0 atom stereocenters. The van der Waals surface area contributed by atoms with Gasteiger partial charge in [-0.3, -0.25) is 0 Å². The first-order valence-electron chi connectivity index (χ1n) is 5.72. The van der Waals surface area contributed by atoms with Crippen LogP contribution in [0.25, 0.3) is 0 Å². The summed E-state index contributed by atoms with van der Waals surface area (Å²) in [5.41, 5.74) is 1.98. The Morgan fingerprint density at radius 2 is 2.24 bits per heavy atom. The van der Waals surface area contributed by atoms with Crippen molar-refractivity contribution in [3.05, 3.63) is 40.3 Å². The monoisotopic (exact) mass is 328 g/mol. The number of carbonyl (C=O) groups is 1. The average Bonchev–Trinajstić information content (AvgIpc) is 2.97. The second-order valence-electron chi connectivity index (χ2n) is 3.97. The van der Waals surface area contributed by atoms with Gasteiger partial charge in [-0.1, -0.05) is 0 Å². The maximum atomic E-state index is 12.1. The summed E-state index contributed by atoms with van der Waals surface area (Å²) in [5, 5.41) is 10.8. The SMILES string of the molecule is COc1ccc(S(=O)(=O)NCc2cscn2)cc1C(=O)O. The molecule has 7 nitrogen and oxygen atoms in total. The number of methoxy groups -OCH3 is 1. The number of nitrogens with one attached hydrogen (secondary N) is 1. The molecule has 1 heterocycles. The fourth-order valence-corrected chi connectivity index (χ4v) is 3.18. The Bertz CT molecular complexity index is 741. The van der Waals surface area contributed by atoms with Gasteiger partial charge in [0.1, 0.15) is 11.3 Å². The van der Waals surface area contributed by atoms with Crippen LogP contribution in [0, 0.1) is 0 Å². The van der Waals surface area contributed by atoms with E-state index >= 15 is 0 Å². The first-order chi connectivity index (χ1) is 9.94. The van der Waals surface area contributed by atoms with Crippen molar-refractivity contribution in [3.63, 3.8) is 0 Å². The molecule has 0 aliphatic heterocycles. The van der Waals surface area contributed by atoms with Crippen molar-refractivity contribution < 1.29 is 23.1 Å². The van der Waals surface area contributed by atoms with Gasteiger partial charge in [0.25, 0.3) is 0 Å². The highest BCUT2D eigenvalue weighted by Gasteiger charge is 2.19. The highest BCUT2D eigenvalue weighted by atomic mass is 32.2. The Morgan fingerprint density at radius 1 is 1.48 bits per heavy atom. The van der Waals surface area contributed by atoms with Crippen molar-refractivity contribution in [2.45, 2.75) is 11.4 Å². The van der Waals surface area contributed by atoms with Gasteiger partial charge in [-0.25, -0.2) is 22.9 Å². The number of benzene rings is 1. The third kappa shape index (κ3) is 3.57. The van der Waals surface area contributed by atoms with Gasteiger partial charge in [-0.2, -0.15) is 0 Å². The minimum Gasteiger partial charge on any atom is -0.496 e. The van der Waals surface area contributed by atoms with Crippen molar-refractivity contribution in [3.8, 4) is 5.75 Å². The van der Waals surface area contributed by atoms with E-state index in [1.165, 1.54) is 30.6 Å². The molecule has 1 aromatic heterocycles. The Balaban J connectivity index is 2.27. The van der Waals surface area contributed by atoms with Crippen LogP contribution in [0.1, 0.15) is 16.1 Å². The van der Waals surface area contributed by atoms with Crippen LogP contribution in [0.5, 0.6) is 5.75 Å². The van der Waals surface area contributed by atoms with Gasteiger partial charge in [0.2, 0.25) is 10.0 Å². The number of aromatic carboxylic acids is 1. The van der Waals surface area contributed by atoms with Crippen LogP contribution in [0.4, 0.5) is 0 Å². The quantitative estimate of drug-likeness (QED) is 0.828. The van der Waals surface area contributed by atoms with E-state index in [0.717, 1.165) is 6.07 Å². The molecule has 0 amide bonds. The molecule has 2 rings (SSSR count). The van der Waals surface area contributed by atoms with Gasteiger partial charge in [-0.15, -0.1) is 11.3 Å². The Labute approximate surface area is 125 Å². The van der Waals surface area contributed by atoms with E-state index in [-0.39, 0.29) is 22.8 Å². The van der Waals surface area contributed by atoms with E-state index in [9.17, 15) is 13.2 Å². The van der Waals surface area contributed by atoms with Crippen LogP contribution in [-0.2, 0) is 16.6 Å². The molecule has 9 heteroatoms. The maximum Gasteiger partial charge on any atom is 0.339 e. The van der Waals surface area contributed by atoms with Gasteiger partial charge in [0.05, 0.1) is 29.8 Å². The lowest BCUT2D eigenvalue weighted by Crippen LogP contribution is -2.23. The average molecular weight is 328 g/mol. The fourth-order valence-electron chi connectivity index (χ4n) is 1.60. The van der Waals surface area contributed by atoms with Crippen LogP contribution in [0.2, 0.25) is 0 Å². The van der Waals surface area contributed by atoms with E-state index < -0.39 is 16.0 Å². The molecule has 2 aromatic rings. The number of thiazole rings is 1. The van der Waals surface area contributed by atoms with Crippen molar-refractivity contribution in [2.75, 3.05) is 7.11 Å². The second-order valence-corrected chi connectivity index (χ2v) is 6.46. The van der Waals surface area contributed by atoms with Gasteiger partial charge < -0.3 is 9.84 Å². The lowest BCUT2D eigenvalue weighted by Gasteiger charge is -2.09. The second kappa shape index (κ2) is 6.20. The van der Waals surface area contributed by atoms with Crippen LogP contribution >= 0.6 is 11.3 Å². The molecule has 0 aliphatic carbocycles. The summed E-state index contributed by atoms with van der Waals surface area (Å²) >= 11 is 1.36. The van der Waals surface area contributed by atoms with Gasteiger partial charge in [-0.05, 0) is 18.2 Å². The number of rotatable bonds is 6. The number of ether oxygens (including phenoxy) is 1. The molecular formula is C12H12N2O5S2. The van der Waals surface area contributed by atoms with E-state index in [0.29, 0.717) is 5.69 Å². The number of nitrogens with zero attached hydrogens (tertiary/aromatic N) is 1. The molecule has 0 aliphatic rings. The van der Waals surface area contributed by atoms with Crippen molar-refractivity contribution in [2.24, 2.45) is 0 Å². The zero-order valence-electron chi connectivity index (χ0n) is 10.9. The van der Waals surface area contributed by atoms with Crippen LogP contribution in [-0.4, -0.2) is 31.6 Å². The minimum atomic E-state index is -3.82. The summed E-state index contributed by atoms with van der Waals surface area (Å²) in [6.45, 7) is 0.0419. The molecule has 0 saturated carbocycles. The molecule has 0 radical (unpaired) electrons. The van der Waals surface area contributed by atoms with Gasteiger partial charge in [0.15, 0.2) is 0 Å². The number of hydrogen-bond acceptors (Lipinski definition) is 6. The summed E-state index contributed by atoms with van der Waals surface area (Å²) in [7, 11) is -2.51. The van der Waals surface area contributed by atoms with Gasteiger partial charge in [0, 0.05) is 5.38 Å². The Morgan fingerprint density at radius 3 is 2.81 bits per heavy atom. The van der Waals surface area contributed by atoms with Crippen molar-refractivity contribution in [1.29, 1.82) is 0 Å². The highest BCUT2D eigenvalue weighted by molar-refractivity contribution is 7.89. The molecule has 0 unspecified atom stereocenters. The third-order valence-corrected chi connectivity index (χ3v) is 4.67. The number of hydrogen-bond donors (Lipinski definition) is 2. The van der Waals surface area contributed by atoms with Crippen LogP contribution in [0.3, 0.4) is 0 Å². The smallest absolute Gasteiger partial charge is 0.339 e. The van der Waals surface area contributed by atoms with E-state index in [1.54, 1.807) is 10.9 Å². The van der Waals surface area contributed by atoms with E-state index in [2.05, 4.69) is 9.71 Å². The molecule has 0 bridgehead atoms. The number of aromatic nitrogens is 1. The molecule has 1 aromatic carbocycles. The number of sulfonamides is 1. The van der Waals surface area contributed by atoms with Crippen LogP contribution < -0.4 is 9.46 Å². The minimum absolute atomic E-state index is 0.0419. The summed E-state index contributed by atoms with van der Waals surface area (Å²) in [4.78, 5) is 14.9. The van der Waals surface area contributed by atoms with Crippen molar-refractivity contribution >= 4 is 27.3 Å². The predicted molar refractivity (Wildman–Crippen MR) is 76.1 cm³/mol. The largest absolute Gasteiger partial charge is 0.496 e. The molecule has 0 saturated heterocycles. The zero-order chi connectivity index (χ0) is 15.5. The summed E-state index contributed by atoms with van der Waals surface area (Å²) in [5.74, 6) is -1.16. The summed E-state index contributed by atoms with van der Waals surface area (Å²) in [6.07, 6.45) is 0. The molecule has 21 heavy (non-hydrogen) atoms. The normalized spacial score (nSPS) is 11.3. The molecule has 0 fully saturated rings. The first-order valence-corrected chi connectivity index (χ1v) is 8.14. The van der Waals surface area contributed by atoms with Gasteiger partial charge >= 0.3 is 5.97 Å². The Kier molecular flexibility index (Phi) is 4.56. The lowest BCUT2D eigenvalue weighted by atomic mass is 10.2. The Hall–Kier alpha value is -1.97. The fraction of sp³-hybridized carbons (Fsp3) is 0.167. The standard InChI is InChI=1S/C12H12N2O5S2/c1-19-11-3-2-9(4-10(11)12(15)16)21(17,18)14-5-8-6-20-7-13-8/h2-4,6-7,14H,5H2,1H3,(H,15,16). The first kappa shape index (κ1) is 15.4. The predicted octanol–water partition coefficient (Wildman–Crippen LogP) is 1.33. The molecule has 0 spiro atoms. The molecular weight excluding hydrogens is 316 g/mol. The van der Waals surface area contributed by atoms with E-state index in [4.69, 9.17) is 9.84 Å². The van der Waals surface area contributed by atoms with E-state index in [1.807, 2.05) is 0 Å². The van der Waals surface area contributed by atoms with Crippen LogP contribution in [0.15, 0.2) is 34.0 Å². The highest BCUT2D eigenvalue weighted by Crippen LogP contribution is 2.22. The molecule has 112 valence electrons. The third-order valence-electron chi connectivity index (χ3n) is 2.64. The van der Waals surface area contributed by atoms with Crippen molar-refractivity contribution in [1.82, 2.24) is 9.71 Å². The summed E-state index contributed by atoms with van der Waals surface area (Å²) < 4.78 is 31.5. The number of carboxylic acid groups (broad SMARTS) is 1. The lowest BCUT2D eigenvalue weighted by molar-refractivity contribution is 0.0693. The number of carboxylic acids is 1. The zero-order valence-corrected chi connectivity index (χ0v) is 12.6. The maximum absolute atomic E-state index is 12.1. The topological polar surface area (TPSA) is 106 Å². The molecule has 2 N–H and O–H groups in total. The summed E-state index contributed by atoms with van der Waals surface area (Å²) in [6, 6.07) is 3.65.